The Morgan fingerprint density at radius 3 is 2.52 bits per heavy atom. The summed E-state index contributed by atoms with van der Waals surface area (Å²) in [4.78, 5) is 24.4. The van der Waals surface area contributed by atoms with Gasteiger partial charge in [0.2, 0.25) is 0 Å². The summed E-state index contributed by atoms with van der Waals surface area (Å²) in [5, 5.41) is 2.84. The van der Waals surface area contributed by atoms with Gasteiger partial charge < -0.3 is 10.1 Å². The average Bonchev–Trinajstić information content (AvgIpc) is 2.96. The summed E-state index contributed by atoms with van der Waals surface area (Å²) >= 11 is 1.12. The van der Waals surface area contributed by atoms with Crippen molar-refractivity contribution in [3.8, 4) is 0 Å². The zero-order valence-corrected chi connectivity index (χ0v) is 13.0. The summed E-state index contributed by atoms with van der Waals surface area (Å²) in [6.45, 7) is 4.20. The second kappa shape index (κ2) is 6.54. The molecule has 0 unspecified atom stereocenters. The van der Waals surface area contributed by atoms with Crippen LogP contribution in [0.25, 0.3) is 0 Å². The van der Waals surface area contributed by atoms with E-state index in [2.05, 4.69) is 23.9 Å². The van der Waals surface area contributed by atoms with Crippen LogP contribution in [0.15, 0.2) is 36.4 Å². The minimum absolute atomic E-state index is 0.226. The highest BCUT2D eigenvalue weighted by molar-refractivity contribution is 7.16. The molecular formula is C16H17NO3S. The highest BCUT2D eigenvalue weighted by Crippen LogP contribution is 2.21. The first-order chi connectivity index (χ1) is 10.0. The van der Waals surface area contributed by atoms with E-state index in [9.17, 15) is 9.59 Å². The fraction of sp³-hybridized carbons (Fsp3) is 0.250. The predicted octanol–water partition coefficient (Wildman–Crippen LogP) is 3.91. The van der Waals surface area contributed by atoms with Crippen molar-refractivity contribution < 1.29 is 14.3 Å². The number of esters is 1. The van der Waals surface area contributed by atoms with Crippen molar-refractivity contribution in [2.24, 2.45) is 0 Å². The molecule has 1 amide bonds. The van der Waals surface area contributed by atoms with E-state index in [1.54, 1.807) is 12.1 Å². The minimum Gasteiger partial charge on any atom is -0.465 e. The zero-order valence-electron chi connectivity index (χ0n) is 12.2. The van der Waals surface area contributed by atoms with Gasteiger partial charge in [0, 0.05) is 5.69 Å². The van der Waals surface area contributed by atoms with Gasteiger partial charge in [-0.05, 0) is 35.7 Å². The number of carbonyl (C=O) groups excluding carboxylic acids is 2. The van der Waals surface area contributed by atoms with Gasteiger partial charge in [0.25, 0.3) is 5.91 Å². The number of nitrogens with one attached hydrogen (secondary N) is 1. The number of anilines is 1. The second-order valence-electron chi connectivity index (χ2n) is 4.89. The van der Waals surface area contributed by atoms with Crippen molar-refractivity contribution >= 4 is 28.9 Å². The van der Waals surface area contributed by atoms with Crippen LogP contribution in [0.2, 0.25) is 0 Å². The molecule has 1 aromatic carbocycles. The number of thiophene rings is 1. The van der Waals surface area contributed by atoms with Crippen LogP contribution in [0.3, 0.4) is 0 Å². The highest BCUT2D eigenvalue weighted by atomic mass is 32.1. The van der Waals surface area contributed by atoms with E-state index in [-0.39, 0.29) is 5.91 Å². The summed E-state index contributed by atoms with van der Waals surface area (Å²) in [7, 11) is 1.32. The Bertz CT molecular complexity index is 661. The molecule has 0 aliphatic rings. The molecule has 0 radical (unpaired) electrons. The van der Waals surface area contributed by atoms with Crippen LogP contribution >= 0.6 is 11.3 Å². The number of amides is 1. The Kier molecular flexibility index (Phi) is 4.75. The first-order valence-electron chi connectivity index (χ1n) is 6.60. The topological polar surface area (TPSA) is 55.4 Å². The van der Waals surface area contributed by atoms with E-state index in [0.29, 0.717) is 15.7 Å². The molecule has 4 nitrogen and oxygen atoms in total. The molecule has 2 rings (SSSR count). The summed E-state index contributed by atoms with van der Waals surface area (Å²) in [5.41, 5.74) is 1.91. The molecule has 1 N–H and O–H groups in total. The normalized spacial score (nSPS) is 10.5. The van der Waals surface area contributed by atoms with Gasteiger partial charge in [0.1, 0.15) is 4.88 Å². The molecule has 0 saturated carbocycles. The van der Waals surface area contributed by atoms with Crippen molar-refractivity contribution in [1.29, 1.82) is 0 Å². The third-order valence-corrected chi connectivity index (χ3v) is 4.09. The number of benzene rings is 1. The van der Waals surface area contributed by atoms with E-state index >= 15 is 0 Å². The molecule has 0 aliphatic carbocycles. The van der Waals surface area contributed by atoms with Gasteiger partial charge in [-0.1, -0.05) is 26.0 Å². The lowest BCUT2D eigenvalue weighted by Crippen LogP contribution is -2.10. The molecule has 0 fully saturated rings. The van der Waals surface area contributed by atoms with Gasteiger partial charge in [0.15, 0.2) is 0 Å². The lowest BCUT2D eigenvalue weighted by atomic mass is 10.0. The standard InChI is InChI=1S/C16H17NO3S/c1-10(2)11-5-4-6-12(9-11)17-15(18)13-7-8-14(21-13)16(19)20-3/h4-10H,1-3H3,(H,17,18). The van der Waals surface area contributed by atoms with Crippen molar-refractivity contribution in [2.75, 3.05) is 12.4 Å². The Hall–Kier alpha value is -2.14. The largest absolute Gasteiger partial charge is 0.465 e. The van der Waals surface area contributed by atoms with Gasteiger partial charge in [-0.25, -0.2) is 4.79 Å². The summed E-state index contributed by atoms with van der Waals surface area (Å²) < 4.78 is 4.63. The van der Waals surface area contributed by atoms with E-state index in [1.807, 2.05) is 24.3 Å². The van der Waals surface area contributed by atoms with Gasteiger partial charge in [0.05, 0.1) is 12.0 Å². The highest BCUT2D eigenvalue weighted by Gasteiger charge is 2.14. The maximum Gasteiger partial charge on any atom is 0.348 e. The zero-order chi connectivity index (χ0) is 15.4. The number of hydrogen-bond acceptors (Lipinski definition) is 4. The Balaban J connectivity index is 2.12. The summed E-state index contributed by atoms with van der Waals surface area (Å²) in [5.74, 6) is -0.258. The van der Waals surface area contributed by atoms with Gasteiger partial charge >= 0.3 is 5.97 Å². The lowest BCUT2D eigenvalue weighted by molar-refractivity contribution is 0.0606. The number of ether oxygens (including phenoxy) is 1. The van der Waals surface area contributed by atoms with Gasteiger partial charge in [-0.3, -0.25) is 4.79 Å². The van der Waals surface area contributed by atoms with E-state index < -0.39 is 5.97 Å². The Morgan fingerprint density at radius 1 is 1.14 bits per heavy atom. The first-order valence-corrected chi connectivity index (χ1v) is 7.42. The van der Waals surface area contributed by atoms with E-state index in [4.69, 9.17) is 0 Å². The molecule has 2 aromatic rings. The van der Waals surface area contributed by atoms with Crippen LogP contribution in [0.4, 0.5) is 5.69 Å². The molecule has 21 heavy (non-hydrogen) atoms. The van der Waals surface area contributed by atoms with E-state index in [1.165, 1.54) is 7.11 Å². The number of carbonyl (C=O) groups is 2. The van der Waals surface area contributed by atoms with Crippen LogP contribution in [0.5, 0.6) is 0 Å². The predicted molar refractivity (Wildman–Crippen MR) is 84.1 cm³/mol. The molecule has 5 heteroatoms. The molecule has 0 saturated heterocycles. The molecule has 110 valence electrons. The van der Waals surface area contributed by atoms with Gasteiger partial charge in [-0.2, -0.15) is 0 Å². The van der Waals surface area contributed by atoms with Crippen LogP contribution < -0.4 is 5.32 Å². The second-order valence-corrected chi connectivity index (χ2v) is 5.97. The van der Waals surface area contributed by atoms with Gasteiger partial charge in [-0.15, -0.1) is 11.3 Å². The third-order valence-electron chi connectivity index (χ3n) is 3.03. The van der Waals surface area contributed by atoms with Crippen molar-refractivity contribution in [1.82, 2.24) is 0 Å². The molecular weight excluding hydrogens is 286 g/mol. The number of methoxy groups -OCH3 is 1. The van der Waals surface area contributed by atoms with Crippen LogP contribution in [-0.4, -0.2) is 19.0 Å². The van der Waals surface area contributed by atoms with Crippen molar-refractivity contribution in [3.05, 3.63) is 51.7 Å². The fourth-order valence-corrected chi connectivity index (χ4v) is 2.66. The molecule has 1 heterocycles. The Labute approximate surface area is 127 Å². The van der Waals surface area contributed by atoms with Crippen LogP contribution in [0.1, 0.15) is 44.7 Å². The molecule has 1 aromatic heterocycles. The average molecular weight is 303 g/mol. The first kappa shape index (κ1) is 15.3. The lowest BCUT2D eigenvalue weighted by Gasteiger charge is -2.08. The number of rotatable bonds is 4. The minimum atomic E-state index is -0.430. The van der Waals surface area contributed by atoms with E-state index in [0.717, 1.165) is 22.6 Å². The quantitative estimate of drug-likeness (QED) is 0.871. The molecule has 0 spiro atoms. The number of hydrogen-bond donors (Lipinski definition) is 1. The fourth-order valence-electron chi connectivity index (χ4n) is 1.84. The SMILES string of the molecule is COC(=O)c1ccc(C(=O)Nc2cccc(C(C)C)c2)s1. The van der Waals surface area contributed by atoms with Crippen LogP contribution in [-0.2, 0) is 4.74 Å². The Morgan fingerprint density at radius 2 is 1.86 bits per heavy atom. The molecule has 0 aliphatic heterocycles. The third kappa shape index (κ3) is 3.70. The van der Waals surface area contributed by atoms with Crippen LogP contribution in [0, 0.1) is 0 Å². The van der Waals surface area contributed by atoms with Crippen molar-refractivity contribution in [3.63, 3.8) is 0 Å². The monoisotopic (exact) mass is 303 g/mol. The molecule has 0 bridgehead atoms. The smallest absolute Gasteiger partial charge is 0.348 e. The maximum absolute atomic E-state index is 12.2. The molecule has 0 atom stereocenters. The van der Waals surface area contributed by atoms with Crippen molar-refractivity contribution in [2.45, 2.75) is 19.8 Å². The summed E-state index contributed by atoms with van der Waals surface area (Å²) in [6, 6.07) is 11.0. The maximum atomic E-state index is 12.2. The summed E-state index contributed by atoms with van der Waals surface area (Å²) in [6.07, 6.45) is 0.